The number of hydrogen-bond acceptors (Lipinski definition) is 6. The van der Waals surface area contributed by atoms with E-state index in [2.05, 4.69) is 19.9 Å². The van der Waals surface area contributed by atoms with Crippen molar-refractivity contribution in [1.82, 2.24) is 19.6 Å². The molecular formula is C10H12N4O2S. The lowest BCUT2D eigenvalue weighted by Crippen LogP contribution is -2.14. The second-order valence-electron chi connectivity index (χ2n) is 3.53. The second kappa shape index (κ2) is 5.13. The fourth-order valence-corrected chi connectivity index (χ4v) is 2.27. The van der Waals surface area contributed by atoms with Crippen LogP contribution in [-0.4, -0.2) is 38.4 Å². The maximum Gasteiger partial charge on any atom is 0.309 e. The minimum Gasteiger partial charge on any atom is -0.469 e. The third-order valence-corrected chi connectivity index (χ3v) is 3.49. The lowest BCUT2D eigenvalue weighted by atomic mass is 10.2. The summed E-state index contributed by atoms with van der Waals surface area (Å²) in [6.45, 7) is 1.82. The Kier molecular flexibility index (Phi) is 3.58. The molecule has 2 aromatic rings. The van der Waals surface area contributed by atoms with Crippen molar-refractivity contribution in [3.63, 3.8) is 0 Å². The van der Waals surface area contributed by atoms with E-state index in [-0.39, 0.29) is 11.9 Å². The van der Waals surface area contributed by atoms with Gasteiger partial charge >= 0.3 is 5.97 Å². The summed E-state index contributed by atoms with van der Waals surface area (Å²) in [5, 5.41) is 8.55. The Morgan fingerprint density at radius 3 is 3.24 bits per heavy atom. The van der Waals surface area contributed by atoms with Gasteiger partial charge in [0.15, 0.2) is 5.65 Å². The number of ether oxygens (including phenoxy) is 1. The molecule has 17 heavy (non-hydrogen) atoms. The Bertz CT molecular complexity index is 528. The molecule has 90 valence electrons. The first-order valence-corrected chi connectivity index (χ1v) is 6.06. The van der Waals surface area contributed by atoms with E-state index >= 15 is 0 Å². The molecule has 0 aliphatic rings. The third kappa shape index (κ3) is 2.55. The minimum absolute atomic E-state index is 0.171. The molecule has 1 atom stereocenters. The summed E-state index contributed by atoms with van der Waals surface area (Å²) in [5.74, 6) is 0.215. The summed E-state index contributed by atoms with van der Waals surface area (Å²) in [6, 6.07) is 0. The molecule has 1 unspecified atom stereocenters. The molecule has 2 rings (SSSR count). The van der Waals surface area contributed by atoms with Crippen molar-refractivity contribution in [1.29, 1.82) is 0 Å². The number of methoxy groups -OCH3 is 1. The summed E-state index contributed by atoms with van der Waals surface area (Å²) < 4.78 is 6.46. The van der Waals surface area contributed by atoms with E-state index in [1.165, 1.54) is 18.9 Å². The Morgan fingerprint density at radius 1 is 1.65 bits per heavy atom. The zero-order valence-electron chi connectivity index (χ0n) is 9.53. The number of nitrogens with zero attached hydrogens (tertiary/aromatic N) is 4. The molecule has 2 heterocycles. The molecule has 0 aliphatic heterocycles. The number of carbonyl (C=O) groups is 1. The molecule has 0 aliphatic carbocycles. The van der Waals surface area contributed by atoms with E-state index in [4.69, 9.17) is 0 Å². The van der Waals surface area contributed by atoms with Crippen LogP contribution in [0.2, 0.25) is 0 Å². The molecule has 0 fully saturated rings. The number of aromatic nitrogens is 4. The fourth-order valence-electron chi connectivity index (χ4n) is 1.31. The van der Waals surface area contributed by atoms with Crippen molar-refractivity contribution in [2.75, 3.05) is 12.9 Å². The number of fused-ring (bicyclic) bond motifs is 1. The zero-order chi connectivity index (χ0) is 12.3. The molecular weight excluding hydrogens is 240 g/mol. The highest BCUT2D eigenvalue weighted by Gasteiger charge is 2.15. The van der Waals surface area contributed by atoms with Crippen LogP contribution in [0.5, 0.6) is 0 Å². The Labute approximate surface area is 102 Å². The number of rotatable bonds is 4. The maximum atomic E-state index is 11.3. The molecule has 6 nitrogen and oxygen atoms in total. The van der Waals surface area contributed by atoms with Crippen LogP contribution in [0.3, 0.4) is 0 Å². The van der Waals surface area contributed by atoms with Gasteiger partial charge < -0.3 is 4.74 Å². The van der Waals surface area contributed by atoms with Crippen LogP contribution in [0.1, 0.15) is 6.92 Å². The van der Waals surface area contributed by atoms with E-state index in [1.807, 2.05) is 6.92 Å². The molecule has 0 saturated heterocycles. The topological polar surface area (TPSA) is 69.4 Å². The zero-order valence-corrected chi connectivity index (χ0v) is 10.3. The summed E-state index contributed by atoms with van der Waals surface area (Å²) in [4.78, 5) is 15.5. The summed E-state index contributed by atoms with van der Waals surface area (Å²) in [7, 11) is 1.39. The molecule has 0 saturated carbocycles. The van der Waals surface area contributed by atoms with Gasteiger partial charge in [0.25, 0.3) is 0 Å². The summed E-state index contributed by atoms with van der Waals surface area (Å²) >= 11 is 1.47. The van der Waals surface area contributed by atoms with E-state index in [0.29, 0.717) is 11.4 Å². The Hall–Kier alpha value is -1.63. The monoisotopic (exact) mass is 252 g/mol. The van der Waals surface area contributed by atoms with Gasteiger partial charge in [-0.25, -0.2) is 4.98 Å². The predicted molar refractivity (Wildman–Crippen MR) is 62.7 cm³/mol. The number of hydrogen-bond donors (Lipinski definition) is 0. The van der Waals surface area contributed by atoms with Gasteiger partial charge in [-0.05, 0) is 0 Å². The second-order valence-corrected chi connectivity index (χ2v) is 4.54. The summed E-state index contributed by atoms with van der Waals surface area (Å²) in [5.41, 5.74) is 0.703. The molecule has 0 radical (unpaired) electrons. The highest BCUT2D eigenvalue weighted by molar-refractivity contribution is 7.99. The van der Waals surface area contributed by atoms with Crippen LogP contribution in [0.25, 0.3) is 5.65 Å². The average Bonchev–Trinajstić information content (AvgIpc) is 2.83. The van der Waals surface area contributed by atoms with Crippen molar-refractivity contribution >= 4 is 23.4 Å². The molecule has 0 aromatic carbocycles. The van der Waals surface area contributed by atoms with Crippen LogP contribution in [0, 0.1) is 5.92 Å². The Morgan fingerprint density at radius 2 is 2.47 bits per heavy atom. The quantitative estimate of drug-likeness (QED) is 0.598. The van der Waals surface area contributed by atoms with Gasteiger partial charge in [0, 0.05) is 18.1 Å². The van der Waals surface area contributed by atoms with Crippen molar-refractivity contribution in [3.8, 4) is 0 Å². The molecule has 0 bridgehead atoms. The standard InChI is InChI=1S/C10H12N4O2S/c1-7(10(15)16-2)5-17-9-8-13-12-6-14(8)4-3-11-9/h3-4,6-7H,5H2,1-2H3. The van der Waals surface area contributed by atoms with Crippen molar-refractivity contribution in [3.05, 3.63) is 18.7 Å². The van der Waals surface area contributed by atoms with Gasteiger partial charge in [-0.15, -0.1) is 22.0 Å². The van der Waals surface area contributed by atoms with Crippen LogP contribution in [-0.2, 0) is 9.53 Å². The third-order valence-electron chi connectivity index (χ3n) is 2.26. The summed E-state index contributed by atoms with van der Waals surface area (Å²) in [6.07, 6.45) is 5.08. The lowest BCUT2D eigenvalue weighted by molar-refractivity contribution is -0.143. The first-order chi connectivity index (χ1) is 8.22. The van der Waals surface area contributed by atoms with Crippen LogP contribution in [0.4, 0.5) is 0 Å². The first kappa shape index (κ1) is 11.8. The van der Waals surface area contributed by atoms with E-state index in [1.54, 1.807) is 23.1 Å². The van der Waals surface area contributed by atoms with Gasteiger partial charge in [0.05, 0.1) is 13.0 Å². The van der Waals surface area contributed by atoms with Gasteiger partial charge in [-0.3, -0.25) is 9.20 Å². The molecule has 0 spiro atoms. The lowest BCUT2D eigenvalue weighted by Gasteiger charge is -2.07. The van der Waals surface area contributed by atoms with E-state index in [9.17, 15) is 4.79 Å². The van der Waals surface area contributed by atoms with Gasteiger partial charge in [0.1, 0.15) is 11.4 Å². The first-order valence-electron chi connectivity index (χ1n) is 5.07. The smallest absolute Gasteiger partial charge is 0.309 e. The normalized spacial score (nSPS) is 12.6. The number of thioether (sulfide) groups is 1. The predicted octanol–water partition coefficient (Wildman–Crippen LogP) is 1.03. The van der Waals surface area contributed by atoms with Crippen LogP contribution in [0.15, 0.2) is 23.7 Å². The Balaban J connectivity index is 2.09. The largest absolute Gasteiger partial charge is 0.469 e. The van der Waals surface area contributed by atoms with Gasteiger partial charge in [-0.1, -0.05) is 6.92 Å². The van der Waals surface area contributed by atoms with Crippen molar-refractivity contribution < 1.29 is 9.53 Å². The van der Waals surface area contributed by atoms with E-state index < -0.39 is 0 Å². The van der Waals surface area contributed by atoms with E-state index in [0.717, 1.165) is 5.03 Å². The van der Waals surface area contributed by atoms with Crippen LogP contribution >= 0.6 is 11.8 Å². The minimum atomic E-state index is -0.217. The molecule has 7 heteroatoms. The highest BCUT2D eigenvalue weighted by Crippen LogP contribution is 2.21. The number of carbonyl (C=O) groups excluding carboxylic acids is 1. The highest BCUT2D eigenvalue weighted by atomic mass is 32.2. The molecule has 0 N–H and O–H groups in total. The molecule has 0 amide bonds. The van der Waals surface area contributed by atoms with Gasteiger partial charge in [0.2, 0.25) is 0 Å². The maximum absolute atomic E-state index is 11.3. The van der Waals surface area contributed by atoms with Crippen molar-refractivity contribution in [2.24, 2.45) is 5.92 Å². The average molecular weight is 252 g/mol. The van der Waals surface area contributed by atoms with Crippen LogP contribution < -0.4 is 0 Å². The van der Waals surface area contributed by atoms with Gasteiger partial charge in [-0.2, -0.15) is 0 Å². The SMILES string of the molecule is COC(=O)C(C)CSc1nccn2cnnc12. The molecule has 2 aromatic heterocycles. The number of esters is 1. The fraction of sp³-hybridized carbons (Fsp3) is 0.400. The van der Waals surface area contributed by atoms with Crippen molar-refractivity contribution in [2.45, 2.75) is 11.9 Å².